The van der Waals surface area contributed by atoms with Gasteiger partial charge in [-0.1, -0.05) is 76.2 Å². The maximum Gasteiger partial charge on any atom is 0.0717 e. The quantitative estimate of drug-likeness (QED) is 0.322. The molecule has 124 valence electrons. The van der Waals surface area contributed by atoms with Crippen LogP contribution in [0.2, 0.25) is 0 Å². The Labute approximate surface area is 161 Å². The zero-order valence-corrected chi connectivity index (χ0v) is 16.3. The average molecular weight is 408 g/mol. The molecule has 0 unspecified atom stereocenters. The van der Waals surface area contributed by atoms with E-state index in [-0.39, 0.29) is 0 Å². The van der Waals surface area contributed by atoms with Crippen LogP contribution in [0.5, 0.6) is 0 Å². The second-order valence-electron chi connectivity index (χ2n) is 5.53. The van der Waals surface area contributed by atoms with E-state index in [4.69, 9.17) is 4.99 Å². The summed E-state index contributed by atoms with van der Waals surface area (Å²) in [5, 5.41) is 2.09. The monoisotopic (exact) mass is 407 g/mol. The SMILES string of the molecule is Cc1ccccc1C(C=CSc1cccc(Br)c1)=Nc1ccccc1. The Morgan fingerprint density at radius 3 is 2.44 bits per heavy atom. The zero-order chi connectivity index (χ0) is 17.5. The number of hydrogen-bond donors (Lipinski definition) is 0. The van der Waals surface area contributed by atoms with Gasteiger partial charge in [-0.05, 0) is 54.3 Å². The second-order valence-corrected chi connectivity index (χ2v) is 7.42. The summed E-state index contributed by atoms with van der Waals surface area (Å²) in [6.07, 6.45) is 2.08. The van der Waals surface area contributed by atoms with Crippen LogP contribution in [0.1, 0.15) is 11.1 Å². The van der Waals surface area contributed by atoms with E-state index in [2.05, 4.69) is 70.7 Å². The molecule has 0 bridgehead atoms. The molecule has 0 aromatic heterocycles. The number of nitrogens with zero attached hydrogens (tertiary/aromatic N) is 1. The van der Waals surface area contributed by atoms with Crippen molar-refractivity contribution in [1.29, 1.82) is 0 Å². The molecule has 1 nitrogen and oxygen atoms in total. The van der Waals surface area contributed by atoms with Gasteiger partial charge >= 0.3 is 0 Å². The molecule has 0 radical (unpaired) electrons. The van der Waals surface area contributed by atoms with Crippen molar-refractivity contribution in [3.63, 3.8) is 0 Å². The number of hydrogen-bond acceptors (Lipinski definition) is 2. The van der Waals surface area contributed by atoms with E-state index in [1.165, 1.54) is 10.5 Å². The topological polar surface area (TPSA) is 12.4 Å². The van der Waals surface area contributed by atoms with Crippen molar-refractivity contribution >= 4 is 39.1 Å². The maximum absolute atomic E-state index is 4.85. The Bertz CT molecular complexity index is 901. The summed E-state index contributed by atoms with van der Waals surface area (Å²) < 4.78 is 1.09. The van der Waals surface area contributed by atoms with Crippen LogP contribution in [0.4, 0.5) is 5.69 Å². The van der Waals surface area contributed by atoms with Crippen LogP contribution in [0.25, 0.3) is 0 Å². The number of aryl methyl sites for hydroxylation is 1. The lowest BCUT2D eigenvalue weighted by Crippen LogP contribution is -1.99. The number of rotatable bonds is 5. The highest BCUT2D eigenvalue weighted by Gasteiger charge is 2.04. The highest BCUT2D eigenvalue weighted by molar-refractivity contribution is 9.10. The lowest BCUT2D eigenvalue weighted by molar-refractivity contribution is 1.42. The molecule has 25 heavy (non-hydrogen) atoms. The lowest BCUT2D eigenvalue weighted by atomic mass is 10.0. The van der Waals surface area contributed by atoms with Crippen molar-refractivity contribution in [2.24, 2.45) is 4.99 Å². The summed E-state index contributed by atoms with van der Waals surface area (Å²) >= 11 is 5.19. The van der Waals surface area contributed by atoms with Gasteiger partial charge in [-0.2, -0.15) is 0 Å². The molecule has 3 aromatic carbocycles. The molecule has 0 N–H and O–H groups in total. The molecule has 3 aromatic rings. The molecule has 0 saturated heterocycles. The van der Waals surface area contributed by atoms with Crippen LogP contribution in [-0.4, -0.2) is 5.71 Å². The first-order valence-corrected chi connectivity index (χ1v) is 9.68. The maximum atomic E-state index is 4.85. The normalized spacial score (nSPS) is 11.8. The first-order valence-electron chi connectivity index (χ1n) is 8.01. The van der Waals surface area contributed by atoms with Crippen LogP contribution in [0.15, 0.2) is 105 Å². The van der Waals surface area contributed by atoms with Crippen molar-refractivity contribution in [2.45, 2.75) is 11.8 Å². The zero-order valence-electron chi connectivity index (χ0n) is 13.9. The summed E-state index contributed by atoms with van der Waals surface area (Å²) in [6, 6.07) is 26.7. The number of benzene rings is 3. The molecular formula is C22H18BrNS. The van der Waals surface area contributed by atoms with Crippen molar-refractivity contribution < 1.29 is 0 Å². The molecule has 0 heterocycles. The Hall–Kier alpha value is -2.10. The molecule has 0 amide bonds. The van der Waals surface area contributed by atoms with Crippen molar-refractivity contribution in [3.8, 4) is 0 Å². The van der Waals surface area contributed by atoms with E-state index < -0.39 is 0 Å². The third kappa shape index (κ3) is 5.18. The smallest absolute Gasteiger partial charge is 0.0717 e. The Morgan fingerprint density at radius 1 is 0.920 bits per heavy atom. The lowest BCUT2D eigenvalue weighted by Gasteiger charge is -2.06. The molecule has 0 spiro atoms. The van der Waals surface area contributed by atoms with E-state index in [1.54, 1.807) is 11.8 Å². The summed E-state index contributed by atoms with van der Waals surface area (Å²) in [7, 11) is 0. The number of thioether (sulfide) groups is 1. The van der Waals surface area contributed by atoms with Crippen molar-refractivity contribution in [2.75, 3.05) is 0 Å². The van der Waals surface area contributed by atoms with Gasteiger partial charge in [-0.15, -0.1) is 0 Å². The van der Waals surface area contributed by atoms with Gasteiger partial charge in [0.1, 0.15) is 0 Å². The predicted molar refractivity (Wildman–Crippen MR) is 113 cm³/mol. The molecule has 3 rings (SSSR count). The van der Waals surface area contributed by atoms with Crippen LogP contribution < -0.4 is 0 Å². The van der Waals surface area contributed by atoms with Crippen LogP contribution in [0, 0.1) is 6.92 Å². The van der Waals surface area contributed by atoms with Gasteiger partial charge in [-0.3, -0.25) is 0 Å². The van der Waals surface area contributed by atoms with Crippen LogP contribution in [0.3, 0.4) is 0 Å². The van der Waals surface area contributed by atoms with Crippen LogP contribution in [-0.2, 0) is 0 Å². The number of para-hydroxylation sites is 1. The minimum atomic E-state index is 0.956. The molecule has 0 atom stereocenters. The van der Waals surface area contributed by atoms with Gasteiger partial charge < -0.3 is 0 Å². The fraction of sp³-hybridized carbons (Fsp3) is 0.0455. The molecule has 0 saturated carbocycles. The molecule has 0 aliphatic heterocycles. The largest absolute Gasteiger partial charge is 0.248 e. The Balaban J connectivity index is 1.90. The fourth-order valence-electron chi connectivity index (χ4n) is 2.41. The third-order valence-electron chi connectivity index (χ3n) is 3.65. The van der Waals surface area contributed by atoms with E-state index in [1.807, 2.05) is 42.5 Å². The Kier molecular flexibility index (Phi) is 6.26. The van der Waals surface area contributed by atoms with Gasteiger partial charge in [-0.25, -0.2) is 4.99 Å². The highest BCUT2D eigenvalue weighted by Crippen LogP contribution is 2.24. The summed E-state index contributed by atoms with van der Waals surface area (Å²) in [6.45, 7) is 2.12. The second kappa shape index (κ2) is 8.84. The molecule has 3 heteroatoms. The first kappa shape index (κ1) is 17.7. The van der Waals surface area contributed by atoms with E-state index >= 15 is 0 Å². The van der Waals surface area contributed by atoms with Crippen molar-refractivity contribution in [1.82, 2.24) is 0 Å². The molecule has 0 fully saturated rings. The minimum Gasteiger partial charge on any atom is -0.248 e. The standard InChI is InChI=1S/C22H18BrNS/c1-17-8-5-6-13-21(17)22(24-19-10-3-2-4-11-19)14-15-25-20-12-7-9-18(23)16-20/h2-16H,1H3. The molecular weight excluding hydrogens is 390 g/mol. The van der Waals surface area contributed by atoms with E-state index in [0.29, 0.717) is 0 Å². The highest BCUT2D eigenvalue weighted by atomic mass is 79.9. The van der Waals surface area contributed by atoms with E-state index in [0.717, 1.165) is 21.4 Å². The molecule has 0 aliphatic rings. The summed E-state index contributed by atoms with van der Waals surface area (Å²) in [5.41, 5.74) is 4.29. The Morgan fingerprint density at radius 2 is 1.68 bits per heavy atom. The predicted octanol–water partition coefficient (Wildman–Crippen LogP) is 7.18. The van der Waals surface area contributed by atoms with Gasteiger partial charge in [0.05, 0.1) is 11.4 Å². The van der Waals surface area contributed by atoms with Gasteiger partial charge in [0, 0.05) is 14.9 Å². The molecule has 0 aliphatic carbocycles. The summed E-state index contributed by atoms with van der Waals surface area (Å²) in [4.78, 5) is 6.03. The van der Waals surface area contributed by atoms with Crippen LogP contribution >= 0.6 is 27.7 Å². The number of allylic oxidation sites excluding steroid dienone is 1. The summed E-state index contributed by atoms with van der Waals surface area (Å²) in [5.74, 6) is 0. The fourth-order valence-corrected chi connectivity index (χ4v) is 3.66. The van der Waals surface area contributed by atoms with Crippen molar-refractivity contribution in [3.05, 3.63) is 106 Å². The van der Waals surface area contributed by atoms with E-state index in [9.17, 15) is 0 Å². The average Bonchev–Trinajstić information content (AvgIpc) is 2.62. The minimum absolute atomic E-state index is 0.956. The van der Waals surface area contributed by atoms with Gasteiger partial charge in [0.25, 0.3) is 0 Å². The van der Waals surface area contributed by atoms with Gasteiger partial charge in [0.2, 0.25) is 0 Å². The third-order valence-corrected chi connectivity index (χ3v) is 4.94. The first-order chi connectivity index (χ1) is 12.2. The number of halogens is 1. The number of aliphatic imine (C=N–C) groups is 1. The van der Waals surface area contributed by atoms with Gasteiger partial charge in [0.15, 0.2) is 0 Å².